The van der Waals surface area contributed by atoms with Crippen molar-refractivity contribution in [3.63, 3.8) is 0 Å². The molecule has 0 saturated carbocycles. The maximum Gasteiger partial charge on any atom is 0.271 e. The van der Waals surface area contributed by atoms with E-state index in [9.17, 15) is 14.4 Å². The Bertz CT molecular complexity index is 855. The van der Waals surface area contributed by atoms with Crippen LogP contribution in [-0.2, 0) is 4.79 Å². The van der Waals surface area contributed by atoms with E-state index in [1.54, 1.807) is 19.1 Å². The summed E-state index contributed by atoms with van der Waals surface area (Å²) in [5.41, 5.74) is 2.24. The van der Waals surface area contributed by atoms with Crippen molar-refractivity contribution in [1.29, 1.82) is 0 Å². The number of hydrogen-bond donors (Lipinski definition) is 3. The Hall–Kier alpha value is -2.89. The number of aromatic nitrogens is 2. The number of hydrogen-bond acceptors (Lipinski definition) is 3. The van der Waals surface area contributed by atoms with E-state index in [4.69, 9.17) is 0 Å². The summed E-state index contributed by atoms with van der Waals surface area (Å²) in [6.07, 6.45) is 1.33. The van der Waals surface area contributed by atoms with Crippen LogP contribution in [0.5, 0.6) is 0 Å². The van der Waals surface area contributed by atoms with Gasteiger partial charge in [0.05, 0.1) is 16.8 Å². The predicted molar refractivity (Wildman–Crippen MR) is 78.3 cm³/mol. The van der Waals surface area contributed by atoms with E-state index in [1.807, 2.05) is 13.0 Å². The fraction of sp³-hybridized carbons (Fsp3) is 0.133. The van der Waals surface area contributed by atoms with E-state index in [-0.39, 0.29) is 22.5 Å². The topological polar surface area (TPSA) is 94.8 Å². The summed E-state index contributed by atoms with van der Waals surface area (Å²) in [6.45, 7) is 3.51. The van der Waals surface area contributed by atoms with Crippen LogP contribution in [0.2, 0.25) is 0 Å². The van der Waals surface area contributed by atoms with Crippen LogP contribution in [0.15, 0.2) is 28.6 Å². The van der Waals surface area contributed by atoms with Crippen LogP contribution in [0.3, 0.4) is 0 Å². The first-order valence-electron chi connectivity index (χ1n) is 6.43. The highest BCUT2D eigenvalue weighted by atomic mass is 16.2. The Morgan fingerprint density at radius 3 is 2.48 bits per heavy atom. The second-order valence-corrected chi connectivity index (χ2v) is 4.96. The van der Waals surface area contributed by atoms with Crippen molar-refractivity contribution in [2.45, 2.75) is 13.8 Å². The quantitative estimate of drug-likeness (QED) is 0.547. The average Bonchev–Trinajstić information content (AvgIpc) is 2.76. The molecule has 0 unspecified atom stereocenters. The van der Waals surface area contributed by atoms with Gasteiger partial charge in [0.2, 0.25) is 5.78 Å². The summed E-state index contributed by atoms with van der Waals surface area (Å²) in [6, 6.07) is 5.24. The van der Waals surface area contributed by atoms with E-state index in [0.717, 1.165) is 5.56 Å². The molecule has 0 spiro atoms. The van der Waals surface area contributed by atoms with Crippen LogP contribution in [0.1, 0.15) is 27.2 Å². The number of aryl methyl sites for hydroxylation is 2. The third kappa shape index (κ3) is 2.01. The number of Topliss-reactive ketones (excluding diaryl/α,β-unsaturated/α-hetero) is 1. The summed E-state index contributed by atoms with van der Waals surface area (Å²) in [4.78, 5) is 36.3. The van der Waals surface area contributed by atoms with E-state index in [2.05, 4.69) is 15.5 Å². The molecular weight excluding hydrogens is 270 g/mol. The van der Waals surface area contributed by atoms with Crippen molar-refractivity contribution in [2.75, 3.05) is 5.32 Å². The Kier molecular flexibility index (Phi) is 2.86. The molecule has 0 radical (unpaired) electrons. The summed E-state index contributed by atoms with van der Waals surface area (Å²) in [5.74, 6) is -0.876. The molecule has 0 bridgehead atoms. The van der Waals surface area contributed by atoms with E-state index in [0.29, 0.717) is 16.9 Å². The lowest BCUT2D eigenvalue weighted by Crippen LogP contribution is -2.28. The van der Waals surface area contributed by atoms with Gasteiger partial charge in [0.1, 0.15) is 0 Å². The Balaban J connectivity index is 2.16. The van der Waals surface area contributed by atoms with E-state index >= 15 is 0 Å². The highest BCUT2D eigenvalue weighted by Gasteiger charge is 2.29. The Labute approximate surface area is 119 Å². The highest BCUT2D eigenvalue weighted by Crippen LogP contribution is 2.29. The lowest BCUT2D eigenvalue weighted by Gasteiger charge is -2.19. The zero-order valence-electron chi connectivity index (χ0n) is 11.5. The number of rotatable bonds is 1. The number of benzene rings is 1. The SMILES string of the molecule is Cc1cccc2c1NC(=O)/C(=C/c1c(C)[nH][nH]c1=O)C2=O. The number of carbonyl (C=O) groups is 2. The van der Waals surface area contributed by atoms with Crippen molar-refractivity contribution < 1.29 is 9.59 Å². The van der Waals surface area contributed by atoms with Crippen LogP contribution in [0.25, 0.3) is 6.08 Å². The maximum absolute atomic E-state index is 12.5. The zero-order chi connectivity index (χ0) is 15.1. The molecule has 3 rings (SSSR count). The van der Waals surface area contributed by atoms with Gasteiger partial charge >= 0.3 is 0 Å². The lowest BCUT2D eigenvalue weighted by molar-refractivity contribution is -0.112. The van der Waals surface area contributed by atoms with Crippen molar-refractivity contribution in [2.24, 2.45) is 0 Å². The first kappa shape index (κ1) is 13.1. The number of H-pyrrole nitrogens is 2. The molecule has 6 heteroatoms. The van der Waals surface area contributed by atoms with Gasteiger partial charge < -0.3 is 10.4 Å². The van der Waals surface area contributed by atoms with Crippen molar-refractivity contribution >= 4 is 23.5 Å². The highest BCUT2D eigenvalue weighted by molar-refractivity contribution is 6.36. The molecule has 21 heavy (non-hydrogen) atoms. The van der Waals surface area contributed by atoms with E-state index in [1.165, 1.54) is 6.08 Å². The fourth-order valence-corrected chi connectivity index (χ4v) is 2.36. The summed E-state index contributed by atoms with van der Waals surface area (Å²) in [7, 11) is 0. The standard InChI is InChI=1S/C15H13N3O3/c1-7-4-3-5-9-12(7)16-14(20)11(13(9)19)6-10-8(2)17-18-15(10)21/h3-6H,1-2H3,(H,16,20)(H2,17,18,21)/b11-6+. The molecule has 1 aliphatic rings. The maximum atomic E-state index is 12.5. The molecule has 1 amide bonds. The van der Waals surface area contributed by atoms with Crippen molar-refractivity contribution in [3.8, 4) is 0 Å². The Morgan fingerprint density at radius 2 is 1.81 bits per heavy atom. The first-order chi connectivity index (χ1) is 9.99. The third-order valence-corrected chi connectivity index (χ3v) is 3.55. The molecule has 2 heterocycles. The number of anilines is 1. The van der Waals surface area contributed by atoms with E-state index < -0.39 is 5.91 Å². The smallest absolute Gasteiger partial charge is 0.271 e. The molecule has 6 nitrogen and oxygen atoms in total. The monoisotopic (exact) mass is 283 g/mol. The zero-order valence-corrected chi connectivity index (χ0v) is 11.5. The predicted octanol–water partition coefficient (Wildman–Crippen LogP) is 1.54. The molecule has 106 valence electrons. The molecule has 0 aliphatic carbocycles. The molecule has 2 aromatic rings. The van der Waals surface area contributed by atoms with Crippen LogP contribution < -0.4 is 10.9 Å². The van der Waals surface area contributed by atoms with Gasteiger partial charge in [-0.1, -0.05) is 12.1 Å². The average molecular weight is 283 g/mol. The number of amides is 1. The summed E-state index contributed by atoms with van der Waals surface area (Å²) in [5, 5.41) is 7.79. The molecule has 0 saturated heterocycles. The van der Waals surface area contributed by atoms with Crippen LogP contribution in [-0.4, -0.2) is 21.9 Å². The first-order valence-corrected chi connectivity index (χ1v) is 6.43. The fourth-order valence-electron chi connectivity index (χ4n) is 2.36. The third-order valence-electron chi connectivity index (χ3n) is 3.55. The van der Waals surface area contributed by atoms with Gasteiger partial charge in [-0.15, -0.1) is 0 Å². The van der Waals surface area contributed by atoms with Crippen molar-refractivity contribution in [1.82, 2.24) is 10.2 Å². The number of aromatic amines is 2. The normalized spacial score (nSPS) is 16.0. The minimum atomic E-state index is -0.498. The van der Waals surface area contributed by atoms with Gasteiger partial charge in [-0.2, -0.15) is 0 Å². The number of fused-ring (bicyclic) bond motifs is 1. The summed E-state index contributed by atoms with van der Waals surface area (Å²) >= 11 is 0. The molecule has 0 atom stereocenters. The molecule has 3 N–H and O–H groups in total. The van der Waals surface area contributed by atoms with Gasteiger partial charge in [-0.3, -0.25) is 19.5 Å². The van der Waals surface area contributed by atoms with Gasteiger partial charge in [-0.25, -0.2) is 0 Å². The molecular formula is C15H13N3O3. The second-order valence-electron chi connectivity index (χ2n) is 4.96. The second kappa shape index (κ2) is 4.59. The molecule has 1 aromatic carbocycles. The van der Waals surface area contributed by atoms with Gasteiger partial charge in [-0.05, 0) is 31.6 Å². The molecule has 1 aliphatic heterocycles. The minimum Gasteiger partial charge on any atom is -0.321 e. The summed E-state index contributed by atoms with van der Waals surface area (Å²) < 4.78 is 0. The van der Waals surface area contributed by atoms with Gasteiger partial charge in [0, 0.05) is 11.3 Å². The minimum absolute atomic E-state index is 0.0405. The molecule has 1 aromatic heterocycles. The Morgan fingerprint density at radius 1 is 1.05 bits per heavy atom. The molecule has 0 fully saturated rings. The van der Waals surface area contributed by atoms with Gasteiger partial charge in [0.15, 0.2) is 0 Å². The number of nitrogens with one attached hydrogen (secondary N) is 3. The van der Waals surface area contributed by atoms with Gasteiger partial charge in [0.25, 0.3) is 11.5 Å². The van der Waals surface area contributed by atoms with Crippen LogP contribution >= 0.6 is 0 Å². The van der Waals surface area contributed by atoms with Crippen LogP contribution in [0.4, 0.5) is 5.69 Å². The van der Waals surface area contributed by atoms with Crippen molar-refractivity contribution in [3.05, 3.63) is 56.5 Å². The van der Waals surface area contributed by atoms with Crippen LogP contribution in [0, 0.1) is 13.8 Å². The lowest BCUT2D eigenvalue weighted by atomic mass is 9.93. The number of para-hydroxylation sites is 1. The largest absolute Gasteiger partial charge is 0.321 e. The number of ketones is 1. The number of carbonyl (C=O) groups excluding carboxylic acids is 2.